The predicted molar refractivity (Wildman–Crippen MR) is 90.0 cm³/mol. The van der Waals surface area contributed by atoms with E-state index in [1.165, 1.54) is 0 Å². The van der Waals surface area contributed by atoms with Gasteiger partial charge in [-0.3, -0.25) is 9.78 Å². The SMILES string of the molecule is Cc1cc(C(=O)Nc2ccc(N)cc2C)c2ccccc2n1. The minimum absolute atomic E-state index is 0.144. The second-order valence-electron chi connectivity index (χ2n) is 5.36. The minimum Gasteiger partial charge on any atom is -0.399 e. The zero-order valence-electron chi connectivity index (χ0n) is 12.6. The fourth-order valence-electron chi connectivity index (χ4n) is 2.51. The van der Waals surface area contributed by atoms with Gasteiger partial charge in [0.2, 0.25) is 0 Å². The van der Waals surface area contributed by atoms with Gasteiger partial charge in [0, 0.05) is 22.5 Å². The third kappa shape index (κ3) is 2.63. The molecule has 3 rings (SSSR count). The highest BCUT2D eigenvalue weighted by atomic mass is 16.1. The van der Waals surface area contributed by atoms with E-state index in [1.807, 2.05) is 56.3 Å². The highest BCUT2D eigenvalue weighted by Crippen LogP contribution is 2.22. The number of nitrogens with zero attached hydrogens (tertiary/aromatic N) is 1. The standard InChI is InChI=1S/C18H17N3O/c1-11-9-13(19)7-8-16(11)21-18(22)15-10-12(2)20-17-6-4-3-5-14(15)17/h3-10H,19H2,1-2H3,(H,21,22). The van der Waals surface area contributed by atoms with Crippen molar-refractivity contribution in [3.8, 4) is 0 Å². The van der Waals surface area contributed by atoms with Crippen LogP contribution in [0.25, 0.3) is 10.9 Å². The molecule has 1 aromatic heterocycles. The van der Waals surface area contributed by atoms with Crippen molar-refractivity contribution >= 4 is 28.2 Å². The van der Waals surface area contributed by atoms with Crippen LogP contribution in [0.15, 0.2) is 48.5 Å². The number of amides is 1. The molecule has 1 amide bonds. The van der Waals surface area contributed by atoms with E-state index in [9.17, 15) is 4.79 Å². The number of rotatable bonds is 2. The first kappa shape index (κ1) is 14.1. The lowest BCUT2D eigenvalue weighted by atomic mass is 10.1. The number of nitrogens with two attached hydrogens (primary N) is 1. The summed E-state index contributed by atoms with van der Waals surface area (Å²) in [7, 11) is 0. The second kappa shape index (κ2) is 5.48. The molecule has 1 heterocycles. The van der Waals surface area contributed by atoms with Crippen molar-refractivity contribution in [2.75, 3.05) is 11.1 Å². The van der Waals surface area contributed by atoms with E-state index in [0.29, 0.717) is 11.3 Å². The number of aromatic nitrogens is 1. The Hall–Kier alpha value is -2.88. The lowest BCUT2D eigenvalue weighted by Crippen LogP contribution is -2.14. The zero-order chi connectivity index (χ0) is 15.7. The Balaban J connectivity index is 2.02. The monoisotopic (exact) mass is 291 g/mol. The number of hydrogen-bond acceptors (Lipinski definition) is 3. The summed E-state index contributed by atoms with van der Waals surface area (Å²) < 4.78 is 0. The molecule has 0 atom stereocenters. The van der Waals surface area contributed by atoms with Crippen molar-refractivity contribution in [2.45, 2.75) is 13.8 Å². The molecule has 0 aliphatic rings. The molecule has 0 spiro atoms. The Morgan fingerprint density at radius 2 is 1.86 bits per heavy atom. The summed E-state index contributed by atoms with van der Waals surface area (Å²) in [5.41, 5.74) is 10.4. The van der Waals surface area contributed by atoms with Gasteiger partial charge >= 0.3 is 0 Å². The molecule has 3 N–H and O–H groups in total. The first-order valence-corrected chi connectivity index (χ1v) is 7.08. The number of nitrogen functional groups attached to an aromatic ring is 1. The molecule has 22 heavy (non-hydrogen) atoms. The number of carbonyl (C=O) groups excluding carboxylic acids is 1. The maximum atomic E-state index is 12.6. The Bertz CT molecular complexity index is 871. The Morgan fingerprint density at radius 3 is 2.64 bits per heavy atom. The second-order valence-corrected chi connectivity index (χ2v) is 5.36. The van der Waals surface area contributed by atoms with E-state index >= 15 is 0 Å². The van der Waals surface area contributed by atoms with Crippen molar-refractivity contribution in [2.24, 2.45) is 0 Å². The van der Waals surface area contributed by atoms with Crippen molar-refractivity contribution in [1.29, 1.82) is 0 Å². The topological polar surface area (TPSA) is 68.0 Å². The van der Waals surface area contributed by atoms with Crippen LogP contribution < -0.4 is 11.1 Å². The Kier molecular flexibility index (Phi) is 3.51. The van der Waals surface area contributed by atoms with Gasteiger partial charge in [-0.15, -0.1) is 0 Å². The normalized spacial score (nSPS) is 10.6. The van der Waals surface area contributed by atoms with E-state index in [0.717, 1.165) is 27.8 Å². The molecule has 0 aliphatic carbocycles. The lowest BCUT2D eigenvalue weighted by molar-refractivity contribution is 0.102. The van der Waals surface area contributed by atoms with E-state index in [1.54, 1.807) is 6.07 Å². The maximum absolute atomic E-state index is 12.6. The summed E-state index contributed by atoms with van der Waals surface area (Å²) in [5.74, 6) is -0.144. The van der Waals surface area contributed by atoms with Crippen LogP contribution in [0, 0.1) is 13.8 Å². The van der Waals surface area contributed by atoms with Crippen LogP contribution in [0.2, 0.25) is 0 Å². The van der Waals surface area contributed by atoms with Gasteiger partial charge in [0.1, 0.15) is 0 Å². The molecule has 2 aromatic carbocycles. The quantitative estimate of drug-likeness (QED) is 0.708. The van der Waals surface area contributed by atoms with Gasteiger partial charge in [-0.25, -0.2) is 0 Å². The van der Waals surface area contributed by atoms with Crippen molar-refractivity contribution in [3.05, 3.63) is 65.4 Å². The fourth-order valence-corrected chi connectivity index (χ4v) is 2.51. The van der Waals surface area contributed by atoms with E-state index in [-0.39, 0.29) is 5.91 Å². The van der Waals surface area contributed by atoms with Gasteiger partial charge in [-0.1, -0.05) is 18.2 Å². The number of pyridine rings is 1. The van der Waals surface area contributed by atoms with Gasteiger partial charge in [0.05, 0.1) is 11.1 Å². The third-order valence-electron chi connectivity index (χ3n) is 3.59. The van der Waals surface area contributed by atoms with Gasteiger partial charge < -0.3 is 11.1 Å². The average Bonchev–Trinajstić information content (AvgIpc) is 2.49. The Labute approximate surface area is 129 Å². The molecule has 0 aliphatic heterocycles. The van der Waals surface area contributed by atoms with Crippen molar-refractivity contribution < 1.29 is 4.79 Å². The number of aryl methyl sites for hydroxylation is 2. The lowest BCUT2D eigenvalue weighted by Gasteiger charge is -2.11. The van der Waals surface area contributed by atoms with E-state index < -0.39 is 0 Å². The number of anilines is 2. The van der Waals surface area contributed by atoms with Gasteiger partial charge in [0.25, 0.3) is 5.91 Å². The van der Waals surface area contributed by atoms with Gasteiger partial charge in [-0.2, -0.15) is 0 Å². The van der Waals surface area contributed by atoms with Crippen LogP contribution >= 0.6 is 0 Å². The Morgan fingerprint density at radius 1 is 1.09 bits per heavy atom. The summed E-state index contributed by atoms with van der Waals surface area (Å²) in [5, 5.41) is 3.80. The number of carbonyl (C=O) groups is 1. The van der Waals surface area contributed by atoms with Crippen LogP contribution in [0.4, 0.5) is 11.4 Å². The molecule has 4 heteroatoms. The molecule has 110 valence electrons. The van der Waals surface area contributed by atoms with E-state index in [4.69, 9.17) is 5.73 Å². The maximum Gasteiger partial charge on any atom is 0.256 e. The molecule has 3 aromatic rings. The molecule has 0 saturated carbocycles. The molecular weight excluding hydrogens is 274 g/mol. The fraction of sp³-hybridized carbons (Fsp3) is 0.111. The van der Waals surface area contributed by atoms with Gasteiger partial charge in [-0.05, 0) is 49.7 Å². The molecular formula is C18H17N3O. The first-order valence-electron chi connectivity index (χ1n) is 7.08. The van der Waals surface area contributed by atoms with Crippen LogP contribution in [0.1, 0.15) is 21.6 Å². The number of para-hydroxylation sites is 1. The van der Waals surface area contributed by atoms with Crippen LogP contribution in [-0.2, 0) is 0 Å². The molecule has 4 nitrogen and oxygen atoms in total. The largest absolute Gasteiger partial charge is 0.399 e. The highest BCUT2D eigenvalue weighted by molar-refractivity contribution is 6.12. The molecule has 0 saturated heterocycles. The highest BCUT2D eigenvalue weighted by Gasteiger charge is 2.13. The molecule has 0 unspecified atom stereocenters. The summed E-state index contributed by atoms with van der Waals surface area (Å²) in [6, 6.07) is 14.9. The van der Waals surface area contributed by atoms with E-state index in [2.05, 4.69) is 10.3 Å². The minimum atomic E-state index is -0.144. The number of hydrogen-bond donors (Lipinski definition) is 2. The van der Waals surface area contributed by atoms with Gasteiger partial charge in [0.15, 0.2) is 0 Å². The number of fused-ring (bicyclic) bond motifs is 1. The van der Waals surface area contributed by atoms with Crippen molar-refractivity contribution in [3.63, 3.8) is 0 Å². The summed E-state index contributed by atoms with van der Waals surface area (Å²) in [6.45, 7) is 3.81. The van der Waals surface area contributed by atoms with Crippen LogP contribution in [0.3, 0.4) is 0 Å². The molecule has 0 radical (unpaired) electrons. The van der Waals surface area contributed by atoms with Crippen LogP contribution in [0.5, 0.6) is 0 Å². The van der Waals surface area contributed by atoms with Crippen molar-refractivity contribution in [1.82, 2.24) is 4.98 Å². The third-order valence-corrected chi connectivity index (χ3v) is 3.59. The number of benzene rings is 2. The molecule has 0 bridgehead atoms. The number of nitrogens with one attached hydrogen (secondary N) is 1. The summed E-state index contributed by atoms with van der Waals surface area (Å²) >= 11 is 0. The summed E-state index contributed by atoms with van der Waals surface area (Å²) in [4.78, 5) is 17.1. The zero-order valence-corrected chi connectivity index (χ0v) is 12.6. The van der Waals surface area contributed by atoms with Crippen LogP contribution in [-0.4, -0.2) is 10.9 Å². The average molecular weight is 291 g/mol. The molecule has 0 fully saturated rings. The first-order chi connectivity index (χ1) is 10.5. The smallest absolute Gasteiger partial charge is 0.256 e. The summed E-state index contributed by atoms with van der Waals surface area (Å²) in [6.07, 6.45) is 0. The predicted octanol–water partition coefficient (Wildman–Crippen LogP) is 3.69.